The molecule has 1 aliphatic rings. The lowest BCUT2D eigenvalue weighted by Gasteiger charge is -2.07. The standard InChI is InChI=1S/C10H11NO2/c1-6-8(10(12)13)3-2-7-4-5-11-9(6)7/h2-3,11H,4-5H2,1H3,(H,12,13). The zero-order chi connectivity index (χ0) is 9.42. The molecule has 13 heavy (non-hydrogen) atoms. The molecule has 3 nitrogen and oxygen atoms in total. The summed E-state index contributed by atoms with van der Waals surface area (Å²) in [6.45, 7) is 2.76. The summed E-state index contributed by atoms with van der Waals surface area (Å²) in [7, 11) is 0. The van der Waals surface area contributed by atoms with Crippen molar-refractivity contribution in [1.29, 1.82) is 0 Å². The van der Waals surface area contributed by atoms with Crippen molar-refractivity contribution in [2.75, 3.05) is 11.9 Å². The number of nitrogens with one attached hydrogen (secondary N) is 1. The van der Waals surface area contributed by atoms with Gasteiger partial charge in [0.05, 0.1) is 5.56 Å². The van der Waals surface area contributed by atoms with E-state index in [4.69, 9.17) is 5.11 Å². The summed E-state index contributed by atoms with van der Waals surface area (Å²) >= 11 is 0. The van der Waals surface area contributed by atoms with Gasteiger partial charge in [-0.05, 0) is 30.5 Å². The Hall–Kier alpha value is -1.51. The predicted octanol–water partition coefficient (Wildman–Crippen LogP) is 1.66. The molecule has 0 radical (unpaired) electrons. The molecule has 1 aromatic rings. The van der Waals surface area contributed by atoms with E-state index in [1.807, 2.05) is 13.0 Å². The minimum atomic E-state index is -0.853. The summed E-state index contributed by atoms with van der Waals surface area (Å²) in [4.78, 5) is 10.8. The third-order valence-corrected chi connectivity index (χ3v) is 2.48. The van der Waals surface area contributed by atoms with Crippen LogP contribution in [0.5, 0.6) is 0 Å². The van der Waals surface area contributed by atoms with Gasteiger partial charge in [0, 0.05) is 12.2 Å². The van der Waals surface area contributed by atoms with Crippen molar-refractivity contribution in [3.05, 3.63) is 28.8 Å². The van der Waals surface area contributed by atoms with Gasteiger partial charge in [0.15, 0.2) is 0 Å². The summed E-state index contributed by atoms with van der Waals surface area (Å²) in [5, 5.41) is 12.1. The monoisotopic (exact) mass is 177 g/mol. The Morgan fingerprint density at radius 1 is 1.54 bits per heavy atom. The number of benzene rings is 1. The fourth-order valence-corrected chi connectivity index (χ4v) is 1.78. The zero-order valence-electron chi connectivity index (χ0n) is 7.42. The van der Waals surface area contributed by atoms with E-state index in [1.54, 1.807) is 6.07 Å². The fourth-order valence-electron chi connectivity index (χ4n) is 1.78. The molecule has 1 aromatic carbocycles. The molecule has 0 fully saturated rings. The minimum absolute atomic E-state index is 0.396. The van der Waals surface area contributed by atoms with Crippen molar-refractivity contribution in [3.63, 3.8) is 0 Å². The van der Waals surface area contributed by atoms with Crippen molar-refractivity contribution in [1.82, 2.24) is 0 Å². The van der Waals surface area contributed by atoms with E-state index in [-0.39, 0.29) is 0 Å². The molecule has 0 amide bonds. The molecule has 0 saturated heterocycles. The van der Waals surface area contributed by atoms with Gasteiger partial charge in [-0.3, -0.25) is 0 Å². The van der Waals surface area contributed by atoms with E-state index in [2.05, 4.69) is 5.32 Å². The lowest BCUT2D eigenvalue weighted by molar-refractivity contribution is 0.0696. The quantitative estimate of drug-likeness (QED) is 0.685. The van der Waals surface area contributed by atoms with E-state index >= 15 is 0 Å². The van der Waals surface area contributed by atoms with Gasteiger partial charge >= 0.3 is 5.97 Å². The maximum atomic E-state index is 10.8. The molecular formula is C10H11NO2. The van der Waals surface area contributed by atoms with Crippen LogP contribution in [-0.2, 0) is 6.42 Å². The molecule has 2 rings (SSSR count). The molecule has 0 unspecified atom stereocenters. The maximum Gasteiger partial charge on any atom is 0.336 e. The van der Waals surface area contributed by atoms with Crippen LogP contribution in [0.2, 0.25) is 0 Å². The molecule has 1 heterocycles. The van der Waals surface area contributed by atoms with Gasteiger partial charge in [-0.1, -0.05) is 6.07 Å². The number of aromatic carboxylic acids is 1. The smallest absolute Gasteiger partial charge is 0.336 e. The largest absolute Gasteiger partial charge is 0.478 e. The second-order valence-electron chi connectivity index (χ2n) is 3.25. The predicted molar refractivity (Wildman–Crippen MR) is 50.3 cm³/mol. The van der Waals surface area contributed by atoms with Crippen LogP contribution >= 0.6 is 0 Å². The molecule has 0 aliphatic carbocycles. The first-order chi connectivity index (χ1) is 6.20. The molecule has 68 valence electrons. The number of carboxylic acid groups (broad SMARTS) is 1. The van der Waals surface area contributed by atoms with Crippen LogP contribution in [0.3, 0.4) is 0 Å². The first-order valence-electron chi connectivity index (χ1n) is 4.30. The highest BCUT2D eigenvalue weighted by Gasteiger charge is 2.17. The second kappa shape index (κ2) is 2.76. The van der Waals surface area contributed by atoms with Gasteiger partial charge in [-0.15, -0.1) is 0 Å². The van der Waals surface area contributed by atoms with E-state index in [9.17, 15) is 4.79 Å². The highest BCUT2D eigenvalue weighted by Crippen LogP contribution is 2.28. The Balaban J connectivity index is 2.59. The number of rotatable bonds is 1. The van der Waals surface area contributed by atoms with Crippen molar-refractivity contribution >= 4 is 11.7 Å². The summed E-state index contributed by atoms with van der Waals surface area (Å²) in [6.07, 6.45) is 0.996. The highest BCUT2D eigenvalue weighted by atomic mass is 16.4. The summed E-state index contributed by atoms with van der Waals surface area (Å²) in [5.41, 5.74) is 3.48. The van der Waals surface area contributed by atoms with Crippen LogP contribution in [0.4, 0.5) is 5.69 Å². The number of hydrogen-bond donors (Lipinski definition) is 2. The SMILES string of the molecule is Cc1c(C(=O)O)ccc2c1NCC2. The van der Waals surface area contributed by atoms with Crippen molar-refractivity contribution < 1.29 is 9.90 Å². The third-order valence-electron chi connectivity index (χ3n) is 2.48. The van der Waals surface area contributed by atoms with Crippen LogP contribution in [0, 0.1) is 6.92 Å². The summed E-state index contributed by atoms with van der Waals surface area (Å²) < 4.78 is 0. The summed E-state index contributed by atoms with van der Waals surface area (Å²) in [5.74, 6) is -0.853. The molecule has 0 spiro atoms. The Morgan fingerprint density at radius 2 is 2.31 bits per heavy atom. The number of anilines is 1. The first kappa shape index (κ1) is 8.10. The molecular weight excluding hydrogens is 166 g/mol. The number of hydrogen-bond acceptors (Lipinski definition) is 2. The van der Waals surface area contributed by atoms with Crippen molar-refractivity contribution in [2.45, 2.75) is 13.3 Å². The first-order valence-corrected chi connectivity index (χ1v) is 4.30. The highest BCUT2D eigenvalue weighted by molar-refractivity contribution is 5.92. The lowest BCUT2D eigenvalue weighted by Crippen LogP contribution is -2.02. The van der Waals surface area contributed by atoms with Crippen molar-refractivity contribution in [2.24, 2.45) is 0 Å². The normalized spacial score (nSPS) is 13.6. The number of carboxylic acids is 1. The topological polar surface area (TPSA) is 49.3 Å². The molecule has 0 saturated carbocycles. The summed E-state index contributed by atoms with van der Waals surface area (Å²) in [6, 6.07) is 3.58. The Bertz CT molecular complexity index is 371. The van der Waals surface area contributed by atoms with Crippen LogP contribution in [-0.4, -0.2) is 17.6 Å². The minimum Gasteiger partial charge on any atom is -0.478 e. The van der Waals surface area contributed by atoms with Gasteiger partial charge < -0.3 is 10.4 Å². The van der Waals surface area contributed by atoms with Gasteiger partial charge in [0.2, 0.25) is 0 Å². The lowest BCUT2D eigenvalue weighted by atomic mass is 10.0. The molecule has 0 bridgehead atoms. The Labute approximate surface area is 76.4 Å². The zero-order valence-corrected chi connectivity index (χ0v) is 7.42. The van der Waals surface area contributed by atoms with Gasteiger partial charge in [0.25, 0.3) is 0 Å². The second-order valence-corrected chi connectivity index (χ2v) is 3.25. The van der Waals surface area contributed by atoms with Crippen molar-refractivity contribution in [3.8, 4) is 0 Å². The fraction of sp³-hybridized carbons (Fsp3) is 0.300. The average molecular weight is 177 g/mol. The average Bonchev–Trinajstić information content (AvgIpc) is 2.52. The van der Waals surface area contributed by atoms with Crippen LogP contribution in [0.25, 0.3) is 0 Å². The molecule has 2 N–H and O–H groups in total. The molecule has 0 aromatic heterocycles. The Kier molecular flexibility index (Phi) is 1.72. The van der Waals surface area contributed by atoms with E-state index < -0.39 is 5.97 Å². The molecule has 1 aliphatic heterocycles. The van der Waals surface area contributed by atoms with E-state index in [0.29, 0.717) is 5.56 Å². The van der Waals surface area contributed by atoms with E-state index in [0.717, 1.165) is 24.2 Å². The van der Waals surface area contributed by atoms with Gasteiger partial charge in [0.1, 0.15) is 0 Å². The third kappa shape index (κ3) is 1.16. The van der Waals surface area contributed by atoms with Crippen LogP contribution in [0.15, 0.2) is 12.1 Å². The van der Waals surface area contributed by atoms with Gasteiger partial charge in [-0.25, -0.2) is 4.79 Å². The molecule has 3 heteroatoms. The maximum absolute atomic E-state index is 10.8. The molecule has 0 atom stereocenters. The van der Waals surface area contributed by atoms with Crippen LogP contribution < -0.4 is 5.32 Å². The number of fused-ring (bicyclic) bond motifs is 1. The Morgan fingerprint density at radius 3 is 3.00 bits per heavy atom. The van der Waals surface area contributed by atoms with E-state index in [1.165, 1.54) is 5.56 Å². The number of carbonyl (C=O) groups is 1. The van der Waals surface area contributed by atoms with Crippen LogP contribution in [0.1, 0.15) is 21.5 Å². The van der Waals surface area contributed by atoms with Gasteiger partial charge in [-0.2, -0.15) is 0 Å².